The van der Waals surface area contributed by atoms with Crippen molar-refractivity contribution in [2.75, 3.05) is 19.5 Å². The summed E-state index contributed by atoms with van der Waals surface area (Å²) >= 11 is 0. The molecule has 0 radical (unpaired) electrons. The predicted molar refractivity (Wildman–Crippen MR) is 65.3 cm³/mol. The van der Waals surface area contributed by atoms with E-state index in [1.54, 1.807) is 7.11 Å². The second kappa shape index (κ2) is 5.82. The van der Waals surface area contributed by atoms with Crippen LogP contribution in [0.25, 0.3) is 0 Å². The Kier molecular flexibility index (Phi) is 4.14. The van der Waals surface area contributed by atoms with Crippen LogP contribution >= 0.6 is 0 Å². The standard InChI is InChI=1S/C12H19N3O2/c1-13-11-7-12(15-8-14-11)17-10-5-3-4-9(6-10)16-2/h7-10H,3-6H2,1-2H3,(H,13,14,15). The number of aromatic nitrogens is 2. The maximum absolute atomic E-state index is 5.86. The van der Waals surface area contributed by atoms with E-state index in [0.29, 0.717) is 12.0 Å². The number of hydrogen-bond donors (Lipinski definition) is 1. The normalized spacial score (nSPS) is 24.4. The Hall–Kier alpha value is -1.36. The van der Waals surface area contributed by atoms with Crippen LogP contribution in [-0.2, 0) is 4.74 Å². The van der Waals surface area contributed by atoms with Crippen molar-refractivity contribution in [3.05, 3.63) is 12.4 Å². The van der Waals surface area contributed by atoms with E-state index in [2.05, 4.69) is 15.3 Å². The molecule has 5 heteroatoms. The van der Waals surface area contributed by atoms with Crippen LogP contribution < -0.4 is 10.1 Å². The highest BCUT2D eigenvalue weighted by atomic mass is 16.5. The summed E-state index contributed by atoms with van der Waals surface area (Å²) in [4.78, 5) is 8.17. The molecule has 0 aliphatic heterocycles. The lowest BCUT2D eigenvalue weighted by Gasteiger charge is -2.28. The van der Waals surface area contributed by atoms with Crippen molar-refractivity contribution in [1.29, 1.82) is 0 Å². The molecule has 0 aromatic carbocycles. The number of nitrogens with one attached hydrogen (secondary N) is 1. The third kappa shape index (κ3) is 3.30. The molecule has 5 nitrogen and oxygen atoms in total. The summed E-state index contributed by atoms with van der Waals surface area (Å²) in [5.74, 6) is 1.40. The van der Waals surface area contributed by atoms with Crippen molar-refractivity contribution in [2.45, 2.75) is 37.9 Å². The molecule has 17 heavy (non-hydrogen) atoms. The summed E-state index contributed by atoms with van der Waals surface area (Å²) in [5, 5.41) is 2.97. The fraction of sp³-hybridized carbons (Fsp3) is 0.667. The van der Waals surface area contributed by atoms with Gasteiger partial charge in [0.2, 0.25) is 5.88 Å². The first kappa shape index (κ1) is 12.1. The highest BCUT2D eigenvalue weighted by Crippen LogP contribution is 2.24. The maximum atomic E-state index is 5.86. The van der Waals surface area contributed by atoms with Crippen LogP contribution in [0.1, 0.15) is 25.7 Å². The molecule has 0 bridgehead atoms. The van der Waals surface area contributed by atoms with Crippen LogP contribution in [0, 0.1) is 0 Å². The zero-order valence-corrected chi connectivity index (χ0v) is 10.3. The topological polar surface area (TPSA) is 56.3 Å². The van der Waals surface area contributed by atoms with E-state index in [-0.39, 0.29) is 6.10 Å². The molecule has 2 unspecified atom stereocenters. The van der Waals surface area contributed by atoms with Crippen LogP contribution in [0.5, 0.6) is 5.88 Å². The second-order valence-electron chi connectivity index (χ2n) is 4.26. The lowest BCUT2D eigenvalue weighted by Crippen LogP contribution is -2.29. The van der Waals surface area contributed by atoms with Gasteiger partial charge in [-0.1, -0.05) is 0 Å². The van der Waals surface area contributed by atoms with Crippen molar-refractivity contribution >= 4 is 5.82 Å². The van der Waals surface area contributed by atoms with Crippen LogP contribution in [-0.4, -0.2) is 36.3 Å². The van der Waals surface area contributed by atoms with Gasteiger partial charge in [0.25, 0.3) is 0 Å². The van der Waals surface area contributed by atoms with Gasteiger partial charge in [-0.05, 0) is 19.3 Å². The number of hydrogen-bond acceptors (Lipinski definition) is 5. The van der Waals surface area contributed by atoms with E-state index >= 15 is 0 Å². The van der Waals surface area contributed by atoms with E-state index in [0.717, 1.165) is 31.5 Å². The Morgan fingerprint density at radius 1 is 1.29 bits per heavy atom. The summed E-state index contributed by atoms with van der Waals surface area (Å²) < 4.78 is 11.2. The molecular weight excluding hydrogens is 218 g/mol. The van der Waals surface area contributed by atoms with Gasteiger partial charge >= 0.3 is 0 Å². The highest BCUT2D eigenvalue weighted by Gasteiger charge is 2.23. The molecule has 1 heterocycles. The minimum Gasteiger partial charge on any atom is -0.474 e. The van der Waals surface area contributed by atoms with Crippen molar-refractivity contribution in [1.82, 2.24) is 9.97 Å². The zero-order valence-electron chi connectivity index (χ0n) is 10.3. The first-order valence-electron chi connectivity index (χ1n) is 6.01. The Bertz CT molecular complexity index is 359. The summed E-state index contributed by atoms with van der Waals surface area (Å²) in [7, 11) is 3.59. The molecule has 1 saturated carbocycles. The van der Waals surface area contributed by atoms with Crippen LogP contribution in [0.4, 0.5) is 5.82 Å². The molecule has 1 aliphatic rings. The lowest BCUT2D eigenvalue weighted by molar-refractivity contribution is 0.0195. The third-order valence-corrected chi connectivity index (χ3v) is 3.10. The Labute approximate surface area is 102 Å². The molecule has 2 atom stereocenters. The monoisotopic (exact) mass is 237 g/mol. The van der Waals surface area contributed by atoms with Gasteiger partial charge in [0, 0.05) is 26.6 Å². The SMILES string of the molecule is CNc1cc(OC2CCCC(OC)C2)ncn1. The van der Waals surface area contributed by atoms with Crippen LogP contribution in [0.2, 0.25) is 0 Å². The second-order valence-corrected chi connectivity index (χ2v) is 4.26. The van der Waals surface area contributed by atoms with Gasteiger partial charge in [-0.25, -0.2) is 9.97 Å². The molecule has 1 aliphatic carbocycles. The van der Waals surface area contributed by atoms with Gasteiger partial charge in [0.1, 0.15) is 18.2 Å². The van der Waals surface area contributed by atoms with Crippen molar-refractivity contribution in [3.8, 4) is 5.88 Å². The molecule has 1 aromatic rings. The molecule has 0 saturated heterocycles. The van der Waals surface area contributed by atoms with Gasteiger partial charge in [0.05, 0.1) is 6.10 Å². The average Bonchev–Trinajstić information content (AvgIpc) is 2.39. The summed E-state index contributed by atoms with van der Waals surface area (Å²) in [6.07, 6.45) is 6.31. The minimum absolute atomic E-state index is 0.202. The molecule has 1 fully saturated rings. The fourth-order valence-corrected chi connectivity index (χ4v) is 2.13. The smallest absolute Gasteiger partial charge is 0.218 e. The molecule has 2 rings (SSSR count). The van der Waals surface area contributed by atoms with Crippen molar-refractivity contribution < 1.29 is 9.47 Å². The van der Waals surface area contributed by atoms with Gasteiger partial charge in [-0.2, -0.15) is 0 Å². The van der Waals surface area contributed by atoms with Crippen LogP contribution in [0.3, 0.4) is 0 Å². The predicted octanol–water partition coefficient (Wildman–Crippen LogP) is 1.85. The first-order chi connectivity index (χ1) is 8.31. The Morgan fingerprint density at radius 3 is 2.88 bits per heavy atom. The van der Waals surface area contributed by atoms with E-state index in [9.17, 15) is 0 Å². The molecule has 1 N–H and O–H groups in total. The number of rotatable bonds is 4. The van der Waals surface area contributed by atoms with Gasteiger partial charge in [0.15, 0.2) is 0 Å². The Balaban J connectivity index is 1.95. The zero-order chi connectivity index (χ0) is 12.1. The quantitative estimate of drug-likeness (QED) is 0.866. The summed E-state index contributed by atoms with van der Waals surface area (Å²) in [5.41, 5.74) is 0. The number of ether oxygens (including phenoxy) is 2. The van der Waals surface area contributed by atoms with Crippen molar-refractivity contribution in [2.24, 2.45) is 0 Å². The van der Waals surface area contributed by atoms with E-state index in [1.165, 1.54) is 6.33 Å². The largest absolute Gasteiger partial charge is 0.474 e. The minimum atomic E-state index is 0.202. The third-order valence-electron chi connectivity index (χ3n) is 3.10. The van der Waals surface area contributed by atoms with Crippen molar-refractivity contribution in [3.63, 3.8) is 0 Å². The van der Waals surface area contributed by atoms with E-state index in [4.69, 9.17) is 9.47 Å². The maximum Gasteiger partial charge on any atom is 0.218 e. The lowest BCUT2D eigenvalue weighted by atomic mass is 9.95. The van der Waals surface area contributed by atoms with E-state index < -0.39 is 0 Å². The molecule has 94 valence electrons. The first-order valence-corrected chi connectivity index (χ1v) is 6.01. The van der Waals surface area contributed by atoms with Crippen LogP contribution in [0.15, 0.2) is 12.4 Å². The van der Waals surface area contributed by atoms with E-state index in [1.807, 2.05) is 13.1 Å². The average molecular weight is 237 g/mol. The Morgan fingerprint density at radius 2 is 2.12 bits per heavy atom. The summed E-state index contributed by atoms with van der Waals surface area (Å²) in [6, 6.07) is 1.82. The number of methoxy groups -OCH3 is 1. The number of nitrogens with zero attached hydrogens (tertiary/aromatic N) is 2. The fourth-order valence-electron chi connectivity index (χ4n) is 2.13. The van der Waals surface area contributed by atoms with Gasteiger partial charge in [-0.3, -0.25) is 0 Å². The molecule has 1 aromatic heterocycles. The molecular formula is C12H19N3O2. The molecule has 0 spiro atoms. The molecule has 0 amide bonds. The summed E-state index contributed by atoms with van der Waals surface area (Å²) in [6.45, 7) is 0. The number of anilines is 1. The van der Waals surface area contributed by atoms with Gasteiger partial charge in [-0.15, -0.1) is 0 Å². The highest BCUT2D eigenvalue weighted by molar-refractivity contribution is 5.36. The van der Waals surface area contributed by atoms with Gasteiger partial charge < -0.3 is 14.8 Å².